The number of guanidine groups is 1. The molecule has 0 spiro atoms. The van der Waals surface area contributed by atoms with Crippen molar-refractivity contribution in [2.75, 3.05) is 45.3 Å². The minimum atomic E-state index is 0.511. The van der Waals surface area contributed by atoms with Gasteiger partial charge in [0.1, 0.15) is 5.69 Å². The molecule has 0 amide bonds. The molecule has 1 N–H and O–H groups in total. The van der Waals surface area contributed by atoms with E-state index in [9.17, 15) is 0 Å². The van der Waals surface area contributed by atoms with Crippen LogP contribution >= 0.6 is 0 Å². The number of pyridine rings is 1. The first-order valence-electron chi connectivity index (χ1n) is 9.07. The number of benzene rings is 1. The lowest BCUT2D eigenvalue weighted by Crippen LogP contribution is -2.52. The fourth-order valence-electron chi connectivity index (χ4n) is 3.08. The van der Waals surface area contributed by atoms with Gasteiger partial charge in [-0.3, -0.25) is 4.84 Å². The summed E-state index contributed by atoms with van der Waals surface area (Å²) in [5.41, 5.74) is 6.85. The molecule has 1 fully saturated rings. The Morgan fingerprint density at radius 3 is 2.41 bits per heavy atom. The van der Waals surface area contributed by atoms with Gasteiger partial charge in [-0.2, -0.15) is 0 Å². The number of piperazine rings is 1. The lowest BCUT2D eigenvalue weighted by atomic mass is 10.2. The van der Waals surface area contributed by atoms with Crippen LogP contribution in [0.1, 0.15) is 11.3 Å². The number of hydrogen-bond donors (Lipinski definition) is 1. The van der Waals surface area contributed by atoms with Gasteiger partial charge in [0, 0.05) is 37.6 Å². The molecule has 1 aliphatic rings. The summed E-state index contributed by atoms with van der Waals surface area (Å²) >= 11 is 0. The highest BCUT2D eigenvalue weighted by Gasteiger charge is 2.21. The van der Waals surface area contributed by atoms with Crippen molar-refractivity contribution < 1.29 is 9.57 Å². The molecule has 0 unspecified atom stereocenters. The quantitative estimate of drug-likeness (QED) is 0.508. The molecule has 1 aromatic carbocycles. The van der Waals surface area contributed by atoms with Crippen LogP contribution in [0.3, 0.4) is 0 Å². The Morgan fingerprint density at radius 2 is 1.78 bits per heavy atom. The van der Waals surface area contributed by atoms with Gasteiger partial charge in [0.15, 0.2) is 0 Å². The van der Waals surface area contributed by atoms with Crippen LogP contribution < -0.4 is 15.1 Å². The Hall–Kier alpha value is -2.80. The first-order chi connectivity index (χ1) is 13.1. The van der Waals surface area contributed by atoms with E-state index < -0.39 is 0 Å². The summed E-state index contributed by atoms with van der Waals surface area (Å²) in [6.45, 7) is 7.48. The number of aliphatic imine (C=N–C) groups is 1. The Morgan fingerprint density at radius 1 is 1.07 bits per heavy atom. The maximum Gasteiger partial charge on any atom is 0.240 e. The monoisotopic (exact) mass is 369 g/mol. The van der Waals surface area contributed by atoms with Crippen LogP contribution in [0.15, 0.2) is 41.4 Å². The highest BCUT2D eigenvalue weighted by Crippen LogP contribution is 2.28. The smallest absolute Gasteiger partial charge is 0.240 e. The van der Waals surface area contributed by atoms with Crippen LogP contribution in [-0.4, -0.2) is 56.2 Å². The number of anilines is 1. The van der Waals surface area contributed by atoms with Gasteiger partial charge in [-0.1, -0.05) is 18.2 Å². The van der Waals surface area contributed by atoms with Gasteiger partial charge in [0.2, 0.25) is 11.8 Å². The molecule has 1 aliphatic heterocycles. The minimum Gasteiger partial charge on any atom is -0.479 e. The molecule has 0 bridgehead atoms. The maximum absolute atomic E-state index is 5.41. The molecule has 2 heterocycles. The number of hydroxylamine groups is 1. The molecule has 2 aromatic rings. The summed E-state index contributed by atoms with van der Waals surface area (Å²) in [6.07, 6.45) is 0. The summed E-state index contributed by atoms with van der Waals surface area (Å²) in [4.78, 5) is 18.9. The predicted octanol–water partition coefficient (Wildman–Crippen LogP) is 2.67. The van der Waals surface area contributed by atoms with E-state index in [1.54, 1.807) is 14.2 Å². The SMILES string of the molecule is CONC(=Nc1cc(C)c(C)nc1OC)N1CCN(c2ccccc2)CC1. The number of methoxy groups -OCH3 is 1. The number of hydrogen-bond acceptors (Lipinski definition) is 5. The molecule has 0 atom stereocenters. The van der Waals surface area contributed by atoms with Gasteiger partial charge in [-0.25, -0.2) is 15.5 Å². The van der Waals surface area contributed by atoms with Gasteiger partial charge < -0.3 is 14.5 Å². The Labute approximate surface area is 160 Å². The van der Waals surface area contributed by atoms with Crippen LogP contribution in [0, 0.1) is 13.8 Å². The second-order valence-corrected chi connectivity index (χ2v) is 6.47. The van der Waals surface area contributed by atoms with Crippen LogP contribution in [-0.2, 0) is 4.84 Å². The second kappa shape index (κ2) is 8.73. The Kier molecular flexibility index (Phi) is 6.13. The largest absolute Gasteiger partial charge is 0.479 e. The van der Waals surface area contributed by atoms with Crippen molar-refractivity contribution in [1.29, 1.82) is 0 Å². The van der Waals surface area contributed by atoms with Crippen LogP contribution in [0.5, 0.6) is 5.88 Å². The van der Waals surface area contributed by atoms with Gasteiger partial charge in [-0.05, 0) is 37.6 Å². The number of para-hydroxylation sites is 1. The second-order valence-electron chi connectivity index (χ2n) is 6.47. The number of rotatable bonds is 4. The summed E-state index contributed by atoms with van der Waals surface area (Å²) in [5, 5.41) is 0. The molecule has 1 saturated heterocycles. The average molecular weight is 369 g/mol. The van der Waals surface area contributed by atoms with Gasteiger partial charge in [-0.15, -0.1) is 0 Å². The first kappa shape index (κ1) is 19.0. The molecule has 0 saturated carbocycles. The minimum absolute atomic E-state index is 0.511. The number of aromatic nitrogens is 1. The number of aryl methyl sites for hydroxylation is 2. The maximum atomic E-state index is 5.41. The molecule has 3 rings (SSSR count). The zero-order chi connectivity index (χ0) is 19.2. The Bertz CT molecular complexity index is 786. The third-order valence-corrected chi connectivity index (χ3v) is 4.73. The lowest BCUT2D eigenvalue weighted by Gasteiger charge is -2.37. The number of ether oxygens (including phenoxy) is 1. The van der Waals surface area contributed by atoms with Crippen molar-refractivity contribution >= 4 is 17.3 Å². The van der Waals surface area contributed by atoms with Gasteiger partial charge in [0.05, 0.1) is 14.2 Å². The van der Waals surface area contributed by atoms with E-state index >= 15 is 0 Å². The molecule has 144 valence electrons. The summed E-state index contributed by atoms with van der Waals surface area (Å²) < 4.78 is 5.41. The third-order valence-electron chi connectivity index (χ3n) is 4.73. The fraction of sp³-hybridized carbons (Fsp3) is 0.400. The van der Waals surface area contributed by atoms with E-state index in [0.29, 0.717) is 17.5 Å². The van der Waals surface area contributed by atoms with E-state index in [2.05, 4.69) is 44.5 Å². The van der Waals surface area contributed by atoms with Gasteiger partial charge >= 0.3 is 0 Å². The van der Waals surface area contributed by atoms with Crippen molar-refractivity contribution in [3.63, 3.8) is 0 Å². The van der Waals surface area contributed by atoms with Crippen molar-refractivity contribution in [2.45, 2.75) is 13.8 Å². The van der Waals surface area contributed by atoms with Crippen LogP contribution in [0.4, 0.5) is 11.4 Å². The van der Waals surface area contributed by atoms with Crippen molar-refractivity contribution in [3.05, 3.63) is 47.7 Å². The van der Waals surface area contributed by atoms with Crippen molar-refractivity contribution in [2.24, 2.45) is 4.99 Å². The summed E-state index contributed by atoms with van der Waals surface area (Å²) in [6, 6.07) is 12.4. The Balaban J connectivity index is 1.79. The third kappa shape index (κ3) is 4.49. The van der Waals surface area contributed by atoms with Crippen molar-refractivity contribution in [3.8, 4) is 5.88 Å². The highest BCUT2D eigenvalue weighted by molar-refractivity contribution is 5.83. The van der Waals surface area contributed by atoms with Crippen molar-refractivity contribution in [1.82, 2.24) is 15.4 Å². The lowest BCUT2D eigenvalue weighted by molar-refractivity contribution is 0.129. The predicted molar refractivity (Wildman–Crippen MR) is 108 cm³/mol. The van der Waals surface area contributed by atoms with E-state index in [1.165, 1.54) is 5.69 Å². The highest BCUT2D eigenvalue weighted by atomic mass is 16.6. The van der Waals surface area contributed by atoms with E-state index in [1.807, 2.05) is 26.0 Å². The van der Waals surface area contributed by atoms with E-state index in [4.69, 9.17) is 14.6 Å². The van der Waals surface area contributed by atoms with Crippen LogP contribution in [0.25, 0.3) is 0 Å². The zero-order valence-electron chi connectivity index (χ0n) is 16.4. The first-order valence-corrected chi connectivity index (χ1v) is 9.07. The number of nitrogens with one attached hydrogen (secondary N) is 1. The molecule has 27 heavy (non-hydrogen) atoms. The fourth-order valence-corrected chi connectivity index (χ4v) is 3.08. The topological polar surface area (TPSA) is 62.2 Å². The average Bonchev–Trinajstić information content (AvgIpc) is 2.71. The summed E-state index contributed by atoms with van der Waals surface area (Å²) in [5.74, 6) is 1.17. The molecule has 1 aromatic heterocycles. The van der Waals surface area contributed by atoms with Crippen LogP contribution in [0.2, 0.25) is 0 Å². The number of nitrogens with zero attached hydrogens (tertiary/aromatic N) is 4. The van der Waals surface area contributed by atoms with E-state index in [0.717, 1.165) is 37.4 Å². The molecule has 0 aliphatic carbocycles. The molecule has 7 heteroatoms. The standard InChI is InChI=1S/C20H27N5O2/c1-15-14-18(19(26-3)21-16(15)2)22-20(23-27-4)25-12-10-24(11-13-25)17-8-6-5-7-9-17/h5-9,14H,10-13H2,1-4H3,(H,22,23). The molecular formula is C20H27N5O2. The molecule has 0 radical (unpaired) electrons. The van der Waals surface area contributed by atoms with E-state index in [-0.39, 0.29) is 0 Å². The molecular weight excluding hydrogens is 342 g/mol. The zero-order valence-corrected chi connectivity index (χ0v) is 16.4. The summed E-state index contributed by atoms with van der Waals surface area (Å²) in [7, 11) is 3.20. The van der Waals surface area contributed by atoms with Gasteiger partial charge in [0.25, 0.3) is 0 Å². The normalized spacial score (nSPS) is 15.0. The molecule has 7 nitrogen and oxygen atoms in total.